The van der Waals surface area contributed by atoms with Gasteiger partial charge in [-0.25, -0.2) is 0 Å². The van der Waals surface area contributed by atoms with E-state index in [1.165, 1.54) is 0 Å². The lowest BCUT2D eigenvalue weighted by atomic mass is 10.1. The first-order valence-electron chi connectivity index (χ1n) is 6.73. The Labute approximate surface area is 124 Å². The summed E-state index contributed by atoms with van der Waals surface area (Å²) in [5.41, 5.74) is 4.08. The number of oxime groups is 1. The predicted octanol–water partition coefficient (Wildman–Crippen LogP) is 3.37. The fraction of sp³-hybridized carbons (Fsp3) is 0.176. The van der Waals surface area contributed by atoms with E-state index in [1.54, 1.807) is 13.0 Å². The van der Waals surface area contributed by atoms with Crippen LogP contribution >= 0.6 is 0 Å². The molecule has 0 radical (unpaired) electrons. The fourth-order valence-corrected chi connectivity index (χ4v) is 2.09. The Bertz CT molecular complexity index is 678. The van der Waals surface area contributed by atoms with Gasteiger partial charge < -0.3 is 10.5 Å². The summed E-state index contributed by atoms with van der Waals surface area (Å²) < 4.78 is 0. The van der Waals surface area contributed by atoms with Crippen LogP contribution in [0.3, 0.4) is 0 Å². The molecule has 0 bridgehead atoms. The summed E-state index contributed by atoms with van der Waals surface area (Å²) in [5, 5.41) is 14.8. The van der Waals surface area contributed by atoms with Gasteiger partial charge in [0, 0.05) is 11.3 Å². The number of nitrogens with zero attached hydrogens (tertiary/aromatic N) is 1. The van der Waals surface area contributed by atoms with Gasteiger partial charge >= 0.3 is 0 Å². The van der Waals surface area contributed by atoms with Crippen molar-refractivity contribution in [2.24, 2.45) is 5.16 Å². The molecule has 0 aliphatic carbocycles. The Hall–Kier alpha value is -2.62. The largest absolute Gasteiger partial charge is 0.411 e. The van der Waals surface area contributed by atoms with E-state index in [9.17, 15) is 4.79 Å². The van der Waals surface area contributed by atoms with Crippen LogP contribution in [0.5, 0.6) is 0 Å². The van der Waals surface area contributed by atoms with Crippen LogP contribution in [-0.4, -0.2) is 16.8 Å². The second-order valence-electron chi connectivity index (χ2n) is 4.98. The lowest BCUT2D eigenvalue weighted by molar-refractivity contribution is -0.115. The summed E-state index contributed by atoms with van der Waals surface area (Å²) in [6.45, 7) is 3.70. The summed E-state index contributed by atoms with van der Waals surface area (Å²) in [4.78, 5) is 12.1. The molecule has 2 N–H and O–H groups in total. The van der Waals surface area contributed by atoms with Crippen LogP contribution in [0.25, 0.3) is 0 Å². The number of aryl methyl sites for hydroxylation is 1. The molecule has 4 heteroatoms. The summed E-state index contributed by atoms with van der Waals surface area (Å²) in [6, 6.07) is 15.1. The highest BCUT2D eigenvalue weighted by atomic mass is 16.4. The standard InChI is InChI=1S/C17H18N2O2/c1-12-5-3-6-14(9-12)10-17(20)18-16-8-4-7-15(11-16)13(2)19-21/h3-9,11,21H,10H2,1-2H3,(H,18,20). The maximum Gasteiger partial charge on any atom is 0.228 e. The number of hydrogen-bond donors (Lipinski definition) is 2. The van der Waals surface area contributed by atoms with Gasteiger partial charge in [0.15, 0.2) is 0 Å². The van der Waals surface area contributed by atoms with Crippen molar-refractivity contribution >= 4 is 17.3 Å². The quantitative estimate of drug-likeness (QED) is 0.513. The SMILES string of the molecule is CC(=NO)c1cccc(NC(=O)Cc2cccc(C)c2)c1. The van der Waals surface area contributed by atoms with Crippen LogP contribution in [0.1, 0.15) is 23.6 Å². The Morgan fingerprint density at radius 3 is 2.67 bits per heavy atom. The highest BCUT2D eigenvalue weighted by Crippen LogP contribution is 2.13. The zero-order chi connectivity index (χ0) is 15.2. The van der Waals surface area contributed by atoms with E-state index in [0.29, 0.717) is 17.8 Å². The maximum absolute atomic E-state index is 12.1. The smallest absolute Gasteiger partial charge is 0.228 e. The molecule has 0 aliphatic heterocycles. The summed E-state index contributed by atoms with van der Waals surface area (Å²) in [5.74, 6) is -0.0728. The minimum Gasteiger partial charge on any atom is -0.411 e. The Balaban J connectivity index is 2.06. The van der Waals surface area contributed by atoms with Crippen molar-refractivity contribution < 1.29 is 10.0 Å². The van der Waals surface area contributed by atoms with Gasteiger partial charge in [-0.15, -0.1) is 0 Å². The minimum absolute atomic E-state index is 0.0728. The van der Waals surface area contributed by atoms with E-state index >= 15 is 0 Å². The van der Waals surface area contributed by atoms with Crippen LogP contribution < -0.4 is 5.32 Å². The van der Waals surface area contributed by atoms with Crippen LogP contribution in [0, 0.1) is 6.92 Å². The van der Waals surface area contributed by atoms with Gasteiger partial charge in [0.1, 0.15) is 0 Å². The maximum atomic E-state index is 12.1. The summed E-state index contributed by atoms with van der Waals surface area (Å²) in [6.07, 6.45) is 0.332. The van der Waals surface area contributed by atoms with Gasteiger partial charge in [-0.1, -0.05) is 47.1 Å². The van der Waals surface area contributed by atoms with E-state index in [0.717, 1.165) is 16.7 Å². The van der Waals surface area contributed by atoms with Gasteiger partial charge in [0.05, 0.1) is 12.1 Å². The molecule has 0 fully saturated rings. The number of hydrogen-bond acceptors (Lipinski definition) is 3. The Kier molecular flexibility index (Phi) is 4.72. The van der Waals surface area contributed by atoms with E-state index < -0.39 is 0 Å². The molecule has 108 valence electrons. The number of nitrogens with one attached hydrogen (secondary N) is 1. The van der Waals surface area contributed by atoms with Gasteiger partial charge in [-0.2, -0.15) is 0 Å². The third-order valence-corrected chi connectivity index (χ3v) is 3.16. The van der Waals surface area contributed by atoms with Crippen LogP contribution in [0.2, 0.25) is 0 Å². The van der Waals surface area contributed by atoms with E-state index in [1.807, 2.05) is 49.4 Å². The first-order chi connectivity index (χ1) is 10.1. The highest BCUT2D eigenvalue weighted by Gasteiger charge is 2.06. The zero-order valence-corrected chi connectivity index (χ0v) is 12.1. The van der Waals surface area contributed by atoms with E-state index in [4.69, 9.17) is 5.21 Å². The molecule has 0 atom stereocenters. The van der Waals surface area contributed by atoms with Crippen molar-refractivity contribution in [2.45, 2.75) is 20.3 Å². The zero-order valence-electron chi connectivity index (χ0n) is 12.1. The first-order valence-corrected chi connectivity index (χ1v) is 6.73. The summed E-state index contributed by atoms with van der Waals surface area (Å²) >= 11 is 0. The average molecular weight is 282 g/mol. The van der Waals surface area contributed by atoms with Crippen molar-refractivity contribution in [1.82, 2.24) is 0 Å². The number of carbonyl (C=O) groups excluding carboxylic acids is 1. The predicted molar refractivity (Wildman–Crippen MR) is 84.0 cm³/mol. The van der Waals surface area contributed by atoms with E-state index in [-0.39, 0.29) is 5.91 Å². The highest BCUT2D eigenvalue weighted by molar-refractivity contribution is 6.00. The van der Waals surface area contributed by atoms with Gasteiger partial charge in [-0.05, 0) is 31.5 Å². The molecule has 21 heavy (non-hydrogen) atoms. The Morgan fingerprint density at radius 1 is 1.19 bits per heavy atom. The molecule has 2 aromatic carbocycles. The minimum atomic E-state index is -0.0728. The lowest BCUT2D eigenvalue weighted by Gasteiger charge is -2.07. The Morgan fingerprint density at radius 2 is 1.95 bits per heavy atom. The second-order valence-corrected chi connectivity index (χ2v) is 4.98. The van der Waals surface area contributed by atoms with E-state index in [2.05, 4.69) is 10.5 Å². The molecule has 2 aromatic rings. The van der Waals surface area contributed by atoms with Crippen molar-refractivity contribution in [3.63, 3.8) is 0 Å². The number of amides is 1. The third kappa shape index (κ3) is 4.18. The molecule has 0 aliphatic rings. The van der Waals surface area contributed by atoms with Crippen molar-refractivity contribution in [3.8, 4) is 0 Å². The molecule has 1 amide bonds. The van der Waals surface area contributed by atoms with Crippen LogP contribution in [0.4, 0.5) is 5.69 Å². The average Bonchev–Trinajstić information content (AvgIpc) is 2.46. The molecule has 0 saturated heterocycles. The topological polar surface area (TPSA) is 61.7 Å². The molecule has 0 spiro atoms. The van der Waals surface area contributed by atoms with Crippen molar-refractivity contribution in [2.75, 3.05) is 5.32 Å². The number of anilines is 1. The molecular weight excluding hydrogens is 264 g/mol. The lowest BCUT2D eigenvalue weighted by Crippen LogP contribution is -2.14. The molecule has 0 unspecified atom stereocenters. The van der Waals surface area contributed by atoms with Crippen molar-refractivity contribution in [3.05, 3.63) is 65.2 Å². The monoisotopic (exact) mass is 282 g/mol. The number of rotatable bonds is 4. The number of benzene rings is 2. The fourth-order valence-electron chi connectivity index (χ4n) is 2.09. The van der Waals surface area contributed by atoms with Crippen LogP contribution in [0.15, 0.2) is 53.7 Å². The second kappa shape index (κ2) is 6.70. The van der Waals surface area contributed by atoms with Gasteiger partial charge in [0.2, 0.25) is 5.91 Å². The molecule has 2 rings (SSSR count). The molecule has 0 saturated carbocycles. The molecular formula is C17H18N2O2. The summed E-state index contributed by atoms with van der Waals surface area (Å²) in [7, 11) is 0. The third-order valence-electron chi connectivity index (χ3n) is 3.16. The van der Waals surface area contributed by atoms with Crippen molar-refractivity contribution in [1.29, 1.82) is 0 Å². The normalized spacial score (nSPS) is 11.2. The van der Waals surface area contributed by atoms with Gasteiger partial charge in [-0.3, -0.25) is 4.79 Å². The molecule has 0 heterocycles. The molecule has 4 nitrogen and oxygen atoms in total. The first kappa shape index (κ1) is 14.8. The number of carbonyl (C=O) groups is 1. The van der Waals surface area contributed by atoms with Gasteiger partial charge in [0.25, 0.3) is 0 Å². The molecule has 0 aromatic heterocycles. The van der Waals surface area contributed by atoms with Crippen LogP contribution in [-0.2, 0) is 11.2 Å².